The first kappa shape index (κ1) is 20.5. The number of rotatable bonds is 7. The molecule has 28 heavy (non-hydrogen) atoms. The molecule has 1 fully saturated rings. The Bertz CT molecular complexity index is 720. The Balaban J connectivity index is 1.92. The number of benzene rings is 2. The molecule has 2 unspecified atom stereocenters. The van der Waals surface area contributed by atoms with Crippen molar-refractivity contribution in [3.63, 3.8) is 0 Å². The summed E-state index contributed by atoms with van der Waals surface area (Å²) in [7, 11) is 0. The topological polar surface area (TPSA) is 85.2 Å². The first-order valence-electron chi connectivity index (χ1n) is 9.47. The Morgan fingerprint density at radius 2 is 1.61 bits per heavy atom. The Morgan fingerprint density at radius 3 is 2.14 bits per heavy atom. The van der Waals surface area contributed by atoms with E-state index in [9.17, 15) is 9.90 Å². The number of carbonyl (C=O) groups excluding carboxylic acids is 1. The lowest BCUT2D eigenvalue weighted by Crippen LogP contribution is -2.53. The zero-order chi connectivity index (χ0) is 20.0. The van der Waals surface area contributed by atoms with Gasteiger partial charge >= 0.3 is 5.97 Å². The predicted molar refractivity (Wildman–Crippen MR) is 102 cm³/mol. The maximum Gasteiger partial charge on any atom is 0.314 e. The standard InChI is InChI=1S/C22H26O6/c1-21(25)19(20(24)26-15-9-8-14-23)16-22(28-27-21,17-10-4-2-5-11-17)18-12-6-3-7-13-18/h2-7,10-13,19,23,25H,8-9,14-16H2,1H3. The number of carbonyl (C=O) groups is 1. The largest absolute Gasteiger partial charge is 0.465 e. The van der Waals surface area contributed by atoms with Crippen LogP contribution in [-0.2, 0) is 24.9 Å². The third-order valence-corrected chi connectivity index (χ3v) is 5.05. The second-order valence-electron chi connectivity index (χ2n) is 7.14. The van der Waals surface area contributed by atoms with Crippen LogP contribution in [0.2, 0.25) is 0 Å². The van der Waals surface area contributed by atoms with Gasteiger partial charge in [-0.25, -0.2) is 4.89 Å². The van der Waals surface area contributed by atoms with Gasteiger partial charge in [0.25, 0.3) is 0 Å². The molecule has 2 N–H and O–H groups in total. The van der Waals surface area contributed by atoms with Crippen LogP contribution in [0.5, 0.6) is 0 Å². The van der Waals surface area contributed by atoms with Crippen molar-refractivity contribution in [1.29, 1.82) is 0 Å². The summed E-state index contributed by atoms with van der Waals surface area (Å²) >= 11 is 0. The van der Waals surface area contributed by atoms with Gasteiger partial charge in [-0.15, -0.1) is 0 Å². The van der Waals surface area contributed by atoms with Crippen LogP contribution in [0.3, 0.4) is 0 Å². The van der Waals surface area contributed by atoms with E-state index in [1.165, 1.54) is 6.92 Å². The monoisotopic (exact) mass is 386 g/mol. The van der Waals surface area contributed by atoms with Crippen LogP contribution in [-0.4, -0.2) is 35.2 Å². The molecule has 0 aliphatic carbocycles. The highest BCUT2D eigenvalue weighted by Crippen LogP contribution is 2.47. The van der Waals surface area contributed by atoms with Crippen molar-refractivity contribution in [2.24, 2.45) is 5.92 Å². The summed E-state index contributed by atoms with van der Waals surface area (Å²) < 4.78 is 5.34. The molecule has 1 heterocycles. The van der Waals surface area contributed by atoms with Crippen LogP contribution >= 0.6 is 0 Å². The number of esters is 1. The number of unbranched alkanes of at least 4 members (excludes halogenated alkanes) is 1. The van der Waals surface area contributed by atoms with E-state index in [1.807, 2.05) is 60.7 Å². The van der Waals surface area contributed by atoms with E-state index in [2.05, 4.69) is 0 Å². The molecule has 6 heteroatoms. The van der Waals surface area contributed by atoms with Crippen molar-refractivity contribution in [2.75, 3.05) is 13.2 Å². The van der Waals surface area contributed by atoms with Gasteiger partial charge in [0, 0.05) is 13.0 Å². The zero-order valence-corrected chi connectivity index (χ0v) is 15.9. The van der Waals surface area contributed by atoms with Gasteiger partial charge in [-0.3, -0.25) is 4.79 Å². The molecule has 1 aliphatic rings. The van der Waals surface area contributed by atoms with Crippen molar-refractivity contribution in [1.82, 2.24) is 0 Å². The summed E-state index contributed by atoms with van der Waals surface area (Å²) in [6.45, 7) is 1.61. The SMILES string of the molecule is CC1(O)OOC(c2ccccc2)(c2ccccc2)CC1C(=O)OCCCCO. The minimum Gasteiger partial charge on any atom is -0.465 e. The molecule has 2 aromatic rings. The Morgan fingerprint density at radius 1 is 1.04 bits per heavy atom. The lowest BCUT2D eigenvalue weighted by molar-refractivity contribution is -0.489. The first-order valence-corrected chi connectivity index (χ1v) is 9.47. The van der Waals surface area contributed by atoms with Crippen LogP contribution in [0.15, 0.2) is 60.7 Å². The molecule has 0 aromatic heterocycles. The Kier molecular flexibility index (Phi) is 6.46. The molecule has 6 nitrogen and oxygen atoms in total. The molecule has 2 atom stereocenters. The smallest absolute Gasteiger partial charge is 0.314 e. The van der Waals surface area contributed by atoms with Gasteiger partial charge in [0.05, 0.1) is 6.61 Å². The number of hydrogen-bond acceptors (Lipinski definition) is 6. The highest BCUT2D eigenvalue weighted by Gasteiger charge is 2.54. The average molecular weight is 386 g/mol. The minimum absolute atomic E-state index is 0.0424. The van der Waals surface area contributed by atoms with Crippen molar-refractivity contribution < 1.29 is 29.5 Å². The van der Waals surface area contributed by atoms with E-state index in [0.29, 0.717) is 12.8 Å². The zero-order valence-electron chi connectivity index (χ0n) is 15.9. The molecule has 0 spiro atoms. The van der Waals surface area contributed by atoms with Gasteiger partial charge in [-0.1, -0.05) is 60.7 Å². The molecule has 2 aromatic carbocycles. The fourth-order valence-corrected chi connectivity index (χ4v) is 3.43. The summed E-state index contributed by atoms with van der Waals surface area (Å²) in [5, 5.41) is 19.5. The third-order valence-electron chi connectivity index (χ3n) is 5.05. The van der Waals surface area contributed by atoms with Crippen molar-refractivity contribution in [3.8, 4) is 0 Å². The Labute approximate surface area is 164 Å². The summed E-state index contributed by atoms with van der Waals surface area (Å²) in [6.07, 6.45) is 1.26. The van der Waals surface area contributed by atoms with E-state index in [1.54, 1.807) is 0 Å². The summed E-state index contributed by atoms with van der Waals surface area (Å²) in [4.78, 5) is 23.9. The molecule has 1 saturated heterocycles. The molecule has 3 rings (SSSR count). The van der Waals surface area contributed by atoms with Crippen molar-refractivity contribution in [2.45, 2.75) is 37.6 Å². The minimum atomic E-state index is -1.82. The molecule has 1 aliphatic heterocycles. The maximum absolute atomic E-state index is 12.7. The first-order chi connectivity index (χ1) is 13.5. The van der Waals surface area contributed by atoms with E-state index in [-0.39, 0.29) is 19.6 Å². The normalized spacial score (nSPS) is 23.9. The second kappa shape index (κ2) is 8.84. The van der Waals surface area contributed by atoms with Gasteiger partial charge in [-0.2, -0.15) is 4.89 Å². The third kappa shape index (κ3) is 4.25. The molecule has 150 valence electrons. The number of aliphatic hydroxyl groups is 2. The van der Waals surface area contributed by atoms with Crippen molar-refractivity contribution in [3.05, 3.63) is 71.8 Å². The molecular weight excluding hydrogens is 360 g/mol. The lowest BCUT2D eigenvalue weighted by Gasteiger charge is -2.45. The van der Waals surface area contributed by atoms with Crippen LogP contribution in [0.25, 0.3) is 0 Å². The van der Waals surface area contributed by atoms with E-state index < -0.39 is 23.3 Å². The van der Waals surface area contributed by atoms with Gasteiger partial charge in [0.1, 0.15) is 5.92 Å². The fraction of sp³-hybridized carbons (Fsp3) is 0.409. The van der Waals surface area contributed by atoms with Crippen LogP contribution in [0, 0.1) is 5.92 Å². The molecule has 0 saturated carbocycles. The summed E-state index contributed by atoms with van der Waals surface area (Å²) in [5.74, 6) is -3.32. The molecule has 0 bridgehead atoms. The van der Waals surface area contributed by atoms with Gasteiger partial charge in [-0.05, 0) is 30.9 Å². The van der Waals surface area contributed by atoms with Gasteiger partial charge < -0.3 is 14.9 Å². The summed E-state index contributed by atoms with van der Waals surface area (Å²) in [5.41, 5.74) is 0.573. The average Bonchev–Trinajstić information content (AvgIpc) is 2.72. The quantitative estimate of drug-likeness (QED) is 0.432. The lowest BCUT2D eigenvalue weighted by atomic mass is 9.76. The Hall–Kier alpha value is -2.25. The number of ether oxygens (including phenoxy) is 1. The predicted octanol–water partition coefficient (Wildman–Crippen LogP) is 2.92. The molecule has 0 radical (unpaired) electrons. The highest BCUT2D eigenvalue weighted by atomic mass is 17.2. The highest BCUT2D eigenvalue weighted by molar-refractivity contribution is 5.74. The molecular formula is C22H26O6. The number of hydrogen-bond donors (Lipinski definition) is 2. The maximum atomic E-state index is 12.7. The second-order valence-corrected chi connectivity index (χ2v) is 7.14. The van der Waals surface area contributed by atoms with Crippen LogP contribution < -0.4 is 0 Å². The van der Waals surface area contributed by atoms with Crippen LogP contribution in [0.1, 0.15) is 37.3 Å². The van der Waals surface area contributed by atoms with Gasteiger partial charge in [0.2, 0.25) is 5.79 Å². The van der Waals surface area contributed by atoms with E-state index in [4.69, 9.17) is 19.6 Å². The van der Waals surface area contributed by atoms with Crippen molar-refractivity contribution >= 4 is 5.97 Å². The van der Waals surface area contributed by atoms with Crippen LogP contribution in [0.4, 0.5) is 0 Å². The number of aliphatic hydroxyl groups excluding tert-OH is 1. The van der Waals surface area contributed by atoms with Gasteiger partial charge in [0.15, 0.2) is 5.60 Å². The summed E-state index contributed by atoms with van der Waals surface area (Å²) in [6, 6.07) is 19.0. The van der Waals surface area contributed by atoms with E-state index >= 15 is 0 Å². The fourth-order valence-electron chi connectivity index (χ4n) is 3.43. The molecule has 0 amide bonds. The van der Waals surface area contributed by atoms with E-state index in [0.717, 1.165) is 11.1 Å².